The van der Waals surface area contributed by atoms with Gasteiger partial charge in [-0.3, -0.25) is 16.0 Å². The Labute approximate surface area is 130 Å². The fourth-order valence-electron chi connectivity index (χ4n) is 2.58. The zero-order chi connectivity index (χ0) is 13.9. The summed E-state index contributed by atoms with van der Waals surface area (Å²) in [6.45, 7) is 5.39. The minimum absolute atomic E-state index is 0. The van der Waals surface area contributed by atoms with Gasteiger partial charge in [-0.2, -0.15) is 0 Å². The third-order valence-electron chi connectivity index (χ3n) is 3.79. The lowest BCUT2D eigenvalue weighted by molar-refractivity contribution is -0.459. The van der Waals surface area contributed by atoms with E-state index in [1.807, 2.05) is 0 Å². The van der Waals surface area contributed by atoms with Crippen molar-refractivity contribution in [1.82, 2.24) is 5.32 Å². The molecule has 0 fully saturated rings. The molecule has 0 heterocycles. The molecule has 0 spiro atoms. The number of guanidine groups is 1. The summed E-state index contributed by atoms with van der Waals surface area (Å²) in [6.07, 6.45) is 13.9. The van der Waals surface area contributed by atoms with E-state index in [2.05, 4.69) is 30.2 Å². The number of hydrogen-bond acceptors (Lipinski definition) is 0. The summed E-state index contributed by atoms with van der Waals surface area (Å²) in [5.41, 5.74) is 7.57. The van der Waals surface area contributed by atoms with E-state index in [-0.39, 0.29) is 12.4 Å². The Hall–Kier alpha value is -0.700. The summed E-state index contributed by atoms with van der Waals surface area (Å²) in [5, 5.41) is 3.34. The van der Waals surface area contributed by atoms with Crippen molar-refractivity contribution in [3.8, 4) is 0 Å². The summed E-state index contributed by atoms with van der Waals surface area (Å²) < 4.78 is 0. The SMILES string of the molecule is CCCCCC(C)NC(N)=[NH+]CCC1=CCCCC1.[Cl-]. The average Bonchev–Trinajstić information content (AvgIpc) is 2.40. The number of allylic oxidation sites excluding steroid dienone is 1. The Morgan fingerprint density at radius 1 is 1.40 bits per heavy atom. The fraction of sp³-hybridized carbons (Fsp3) is 0.812. The first-order valence-electron chi connectivity index (χ1n) is 8.03. The van der Waals surface area contributed by atoms with Crippen LogP contribution in [0.2, 0.25) is 0 Å². The largest absolute Gasteiger partial charge is 1.00 e. The Balaban J connectivity index is 0.00000361. The molecule has 0 aromatic rings. The molecule has 20 heavy (non-hydrogen) atoms. The molecule has 0 saturated heterocycles. The van der Waals surface area contributed by atoms with E-state index in [1.54, 1.807) is 5.57 Å². The van der Waals surface area contributed by atoms with E-state index in [0.29, 0.717) is 6.04 Å². The molecule has 0 aromatic carbocycles. The first-order valence-corrected chi connectivity index (χ1v) is 8.03. The second-order valence-corrected chi connectivity index (χ2v) is 5.74. The minimum Gasteiger partial charge on any atom is -1.00 e. The van der Waals surface area contributed by atoms with Gasteiger partial charge in [0.2, 0.25) is 0 Å². The number of hydrogen-bond donors (Lipinski definition) is 3. The van der Waals surface area contributed by atoms with Gasteiger partial charge in [0.1, 0.15) is 0 Å². The highest BCUT2D eigenvalue weighted by Crippen LogP contribution is 2.18. The van der Waals surface area contributed by atoms with Crippen molar-refractivity contribution in [2.45, 2.75) is 77.7 Å². The molecule has 3 nitrogen and oxygen atoms in total. The maximum absolute atomic E-state index is 5.97. The second kappa shape index (κ2) is 12.1. The Kier molecular flexibility index (Phi) is 11.6. The molecular weight excluding hydrogens is 270 g/mol. The van der Waals surface area contributed by atoms with E-state index in [9.17, 15) is 0 Å². The molecule has 4 N–H and O–H groups in total. The monoisotopic (exact) mass is 301 g/mol. The molecule has 0 saturated carbocycles. The Bertz CT molecular complexity index is 300. The molecule has 0 amide bonds. The topological polar surface area (TPSA) is 52.0 Å². The van der Waals surface area contributed by atoms with Crippen LogP contribution < -0.4 is 28.4 Å². The van der Waals surface area contributed by atoms with Crippen molar-refractivity contribution < 1.29 is 17.4 Å². The molecule has 0 radical (unpaired) electrons. The highest BCUT2D eigenvalue weighted by Gasteiger charge is 2.08. The second-order valence-electron chi connectivity index (χ2n) is 5.74. The van der Waals surface area contributed by atoms with Gasteiger partial charge in [-0.25, -0.2) is 0 Å². The van der Waals surface area contributed by atoms with Gasteiger partial charge in [0.15, 0.2) is 0 Å². The molecule has 0 aliphatic heterocycles. The van der Waals surface area contributed by atoms with Crippen molar-refractivity contribution >= 4 is 5.96 Å². The minimum atomic E-state index is 0. The zero-order valence-corrected chi connectivity index (χ0v) is 13.9. The van der Waals surface area contributed by atoms with Gasteiger partial charge < -0.3 is 12.4 Å². The van der Waals surface area contributed by atoms with E-state index in [4.69, 9.17) is 5.73 Å². The Morgan fingerprint density at radius 3 is 2.85 bits per heavy atom. The Morgan fingerprint density at radius 2 is 2.20 bits per heavy atom. The van der Waals surface area contributed by atoms with Crippen LogP contribution in [0.3, 0.4) is 0 Å². The maximum Gasteiger partial charge on any atom is 0.341 e. The lowest BCUT2D eigenvalue weighted by Crippen LogP contribution is -3.00. The van der Waals surface area contributed by atoms with E-state index < -0.39 is 0 Å². The molecule has 1 aliphatic carbocycles. The maximum atomic E-state index is 5.97. The van der Waals surface area contributed by atoms with E-state index in [0.717, 1.165) is 18.9 Å². The summed E-state index contributed by atoms with van der Waals surface area (Å²) in [5.74, 6) is 0.736. The van der Waals surface area contributed by atoms with Gasteiger partial charge in [0.25, 0.3) is 0 Å². The first kappa shape index (κ1) is 19.3. The molecule has 0 bridgehead atoms. The third-order valence-corrected chi connectivity index (χ3v) is 3.79. The van der Waals surface area contributed by atoms with Gasteiger partial charge in [0.05, 0.1) is 12.6 Å². The van der Waals surface area contributed by atoms with Crippen LogP contribution in [-0.4, -0.2) is 18.5 Å². The van der Waals surface area contributed by atoms with Gasteiger partial charge in [-0.15, -0.1) is 0 Å². The molecule has 4 heteroatoms. The highest BCUT2D eigenvalue weighted by molar-refractivity contribution is 5.71. The van der Waals surface area contributed by atoms with Crippen LogP contribution in [0.4, 0.5) is 0 Å². The molecule has 118 valence electrons. The zero-order valence-electron chi connectivity index (χ0n) is 13.2. The van der Waals surface area contributed by atoms with Gasteiger partial charge in [-0.1, -0.05) is 37.8 Å². The van der Waals surface area contributed by atoms with Crippen LogP contribution in [0.25, 0.3) is 0 Å². The summed E-state index contributed by atoms with van der Waals surface area (Å²) in [7, 11) is 0. The number of nitrogens with one attached hydrogen (secondary N) is 2. The smallest absolute Gasteiger partial charge is 0.341 e. The lowest BCUT2D eigenvalue weighted by Gasteiger charge is -2.11. The van der Waals surface area contributed by atoms with Crippen LogP contribution >= 0.6 is 0 Å². The van der Waals surface area contributed by atoms with Crippen LogP contribution in [0.5, 0.6) is 0 Å². The molecular formula is C16H32ClN3. The van der Waals surface area contributed by atoms with Crippen LogP contribution in [0.1, 0.15) is 71.6 Å². The lowest BCUT2D eigenvalue weighted by atomic mass is 9.97. The first-order chi connectivity index (χ1) is 9.22. The predicted molar refractivity (Wildman–Crippen MR) is 82.9 cm³/mol. The number of halogens is 1. The molecule has 1 atom stereocenters. The normalized spacial score (nSPS) is 17.1. The van der Waals surface area contributed by atoms with Crippen molar-refractivity contribution in [2.75, 3.05) is 6.54 Å². The van der Waals surface area contributed by atoms with Crippen molar-refractivity contribution in [3.63, 3.8) is 0 Å². The number of unbranched alkanes of at least 4 members (excludes halogenated alkanes) is 2. The molecule has 1 unspecified atom stereocenters. The molecule has 1 aliphatic rings. The number of rotatable bonds is 8. The highest BCUT2D eigenvalue weighted by atomic mass is 35.5. The van der Waals surface area contributed by atoms with E-state index >= 15 is 0 Å². The van der Waals surface area contributed by atoms with Crippen molar-refractivity contribution in [1.29, 1.82) is 0 Å². The fourth-order valence-corrected chi connectivity index (χ4v) is 2.58. The van der Waals surface area contributed by atoms with Gasteiger partial charge in [0, 0.05) is 0 Å². The number of nitrogens with two attached hydrogens (primary N) is 1. The average molecular weight is 302 g/mol. The molecule has 0 aromatic heterocycles. The predicted octanol–water partition coefficient (Wildman–Crippen LogP) is -1.17. The van der Waals surface area contributed by atoms with E-state index in [1.165, 1.54) is 51.4 Å². The standard InChI is InChI=1S/C16H31N3.ClH/c1-3-4-6-9-14(2)19-16(17)18-13-12-15-10-7-5-8-11-15;/h10,14H,3-9,11-13H2,1-2H3,(H3,17,18,19);1H. The van der Waals surface area contributed by atoms with Gasteiger partial charge >= 0.3 is 5.96 Å². The summed E-state index contributed by atoms with van der Waals surface area (Å²) in [4.78, 5) is 3.29. The van der Waals surface area contributed by atoms with Gasteiger partial charge in [-0.05, 0) is 45.4 Å². The summed E-state index contributed by atoms with van der Waals surface area (Å²) >= 11 is 0. The molecule has 1 rings (SSSR count). The quantitative estimate of drug-likeness (QED) is 0.229. The third kappa shape index (κ3) is 9.24. The summed E-state index contributed by atoms with van der Waals surface area (Å²) in [6, 6.07) is 0.466. The van der Waals surface area contributed by atoms with Crippen LogP contribution in [-0.2, 0) is 0 Å². The van der Waals surface area contributed by atoms with Crippen molar-refractivity contribution in [3.05, 3.63) is 11.6 Å². The van der Waals surface area contributed by atoms with Crippen LogP contribution in [0, 0.1) is 0 Å². The van der Waals surface area contributed by atoms with Crippen LogP contribution in [0.15, 0.2) is 11.6 Å². The van der Waals surface area contributed by atoms with Crippen molar-refractivity contribution in [2.24, 2.45) is 5.73 Å².